The molecule has 0 spiro atoms. The highest BCUT2D eigenvalue weighted by Gasteiger charge is 2.30. The monoisotopic (exact) mass is 253 g/mol. The number of nitrogens with zero attached hydrogens (tertiary/aromatic N) is 1. The highest BCUT2D eigenvalue weighted by molar-refractivity contribution is 7.09. The Bertz CT molecular complexity index is 404. The van der Waals surface area contributed by atoms with Crippen LogP contribution in [0.1, 0.15) is 37.0 Å². The van der Waals surface area contributed by atoms with E-state index in [9.17, 15) is 4.79 Å². The average Bonchev–Trinajstić information content (AvgIpc) is 2.86. The lowest BCUT2D eigenvalue weighted by molar-refractivity contribution is -0.125. The molecule has 2 rings (SSSR count). The van der Waals surface area contributed by atoms with Crippen molar-refractivity contribution in [1.29, 1.82) is 0 Å². The van der Waals surface area contributed by atoms with Crippen LogP contribution in [-0.2, 0) is 4.79 Å². The third-order valence-electron chi connectivity index (χ3n) is 3.23. The van der Waals surface area contributed by atoms with E-state index in [0.717, 1.165) is 23.7 Å². The van der Waals surface area contributed by atoms with Crippen molar-refractivity contribution in [3.8, 4) is 0 Å². The van der Waals surface area contributed by atoms with Crippen LogP contribution in [0.2, 0.25) is 0 Å². The Morgan fingerprint density at radius 2 is 2.47 bits per heavy atom. The van der Waals surface area contributed by atoms with Gasteiger partial charge in [-0.15, -0.1) is 11.3 Å². The third kappa shape index (κ3) is 2.84. The Labute approximate surface area is 106 Å². The molecule has 2 N–H and O–H groups in total. The second-order valence-corrected chi connectivity index (χ2v) is 5.59. The number of aryl methyl sites for hydroxylation is 1. The summed E-state index contributed by atoms with van der Waals surface area (Å²) in [5.41, 5.74) is 1.02. The molecule has 5 heteroatoms. The quantitative estimate of drug-likeness (QED) is 0.861. The fourth-order valence-electron chi connectivity index (χ4n) is 2.17. The standard InChI is InChI=1S/C12H19N3OS/c1-7-6-17-12(14-7)9(3)15-11(16)10-4-5-13-8(10)2/h6,8-10,13H,4-5H2,1-3H3,(H,15,16). The fourth-order valence-corrected chi connectivity index (χ4v) is 2.97. The first-order valence-corrected chi connectivity index (χ1v) is 6.91. The SMILES string of the molecule is Cc1csc(C(C)NC(=O)C2CCNC2C)n1. The van der Waals surface area contributed by atoms with Crippen molar-refractivity contribution in [2.45, 2.75) is 39.3 Å². The molecule has 94 valence electrons. The van der Waals surface area contributed by atoms with Crippen molar-refractivity contribution in [1.82, 2.24) is 15.6 Å². The van der Waals surface area contributed by atoms with Gasteiger partial charge < -0.3 is 10.6 Å². The van der Waals surface area contributed by atoms with Gasteiger partial charge in [0.25, 0.3) is 0 Å². The van der Waals surface area contributed by atoms with Gasteiger partial charge in [-0.3, -0.25) is 4.79 Å². The summed E-state index contributed by atoms with van der Waals surface area (Å²) in [4.78, 5) is 16.5. The predicted molar refractivity (Wildman–Crippen MR) is 69.0 cm³/mol. The maximum atomic E-state index is 12.1. The third-order valence-corrected chi connectivity index (χ3v) is 4.37. The summed E-state index contributed by atoms with van der Waals surface area (Å²) in [5, 5.41) is 9.34. The van der Waals surface area contributed by atoms with E-state index in [2.05, 4.69) is 22.5 Å². The Morgan fingerprint density at radius 3 is 3.00 bits per heavy atom. The fraction of sp³-hybridized carbons (Fsp3) is 0.667. The summed E-state index contributed by atoms with van der Waals surface area (Å²) >= 11 is 1.60. The molecule has 1 aromatic heterocycles. The smallest absolute Gasteiger partial charge is 0.225 e. The second kappa shape index (κ2) is 5.14. The van der Waals surface area contributed by atoms with Crippen LogP contribution in [0.15, 0.2) is 5.38 Å². The first-order chi connectivity index (χ1) is 8.08. The lowest BCUT2D eigenvalue weighted by Crippen LogP contribution is -2.37. The molecule has 3 atom stereocenters. The van der Waals surface area contributed by atoms with Gasteiger partial charge in [0.05, 0.1) is 12.0 Å². The molecule has 0 aromatic carbocycles. The summed E-state index contributed by atoms with van der Waals surface area (Å²) in [6.07, 6.45) is 0.927. The molecule has 1 aliphatic heterocycles. The van der Waals surface area contributed by atoms with Crippen LogP contribution in [0.3, 0.4) is 0 Å². The van der Waals surface area contributed by atoms with Crippen LogP contribution in [0.5, 0.6) is 0 Å². The Kier molecular flexibility index (Phi) is 3.79. The van der Waals surface area contributed by atoms with Gasteiger partial charge in [0.2, 0.25) is 5.91 Å². The Morgan fingerprint density at radius 1 is 1.71 bits per heavy atom. The van der Waals surface area contributed by atoms with Gasteiger partial charge in [-0.25, -0.2) is 4.98 Å². The molecule has 1 saturated heterocycles. The minimum Gasteiger partial charge on any atom is -0.347 e. The topological polar surface area (TPSA) is 54.0 Å². The summed E-state index contributed by atoms with van der Waals surface area (Å²) in [5.74, 6) is 0.237. The summed E-state index contributed by atoms with van der Waals surface area (Å²) in [6, 6.07) is 0.286. The Balaban J connectivity index is 1.94. The first-order valence-electron chi connectivity index (χ1n) is 6.03. The van der Waals surface area contributed by atoms with Crippen molar-refractivity contribution >= 4 is 17.2 Å². The predicted octanol–water partition coefficient (Wildman–Crippen LogP) is 1.63. The summed E-state index contributed by atoms with van der Waals surface area (Å²) in [7, 11) is 0. The van der Waals surface area contributed by atoms with Crippen molar-refractivity contribution in [2.75, 3.05) is 6.54 Å². The van der Waals surface area contributed by atoms with Gasteiger partial charge in [0, 0.05) is 17.1 Å². The van der Waals surface area contributed by atoms with Crippen LogP contribution in [0.25, 0.3) is 0 Å². The minimum absolute atomic E-state index is 0.00833. The number of nitrogens with one attached hydrogen (secondary N) is 2. The molecule has 0 aliphatic carbocycles. The van der Waals surface area contributed by atoms with Gasteiger partial charge in [-0.05, 0) is 33.7 Å². The summed E-state index contributed by atoms with van der Waals surface area (Å²) in [6.45, 7) is 6.96. The van der Waals surface area contributed by atoms with E-state index in [0.29, 0.717) is 0 Å². The average molecular weight is 253 g/mol. The second-order valence-electron chi connectivity index (χ2n) is 4.70. The molecular formula is C12H19N3OS. The van der Waals surface area contributed by atoms with Gasteiger partial charge in [0.1, 0.15) is 5.01 Å². The molecular weight excluding hydrogens is 234 g/mol. The molecule has 4 nitrogen and oxygen atoms in total. The molecule has 2 heterocycles. The lowest BCUT2D eigenvalue weighted by atomic mass is 10.0. The van der Waals surface area contributed by atoms with E-state index < -0.39 is 0 Å². The number of thiazole rings is 1. The van der Waals surface area contributed by atoms with E-state index in [1.807, 2.05) is 19.2 Å². The zero-order chi connectivity index (χ0) is 12.4. The van der Waals surface area contributed by atoms with E-state index >= 15 is 0 Å². The van der Waals surface area contributed by atoms with E-state index in [1.165, 1.54) is 0 Å². The Hall–Kier alpha value is -0.940. The van der Waals surface area contributed by atoms with E-state index in [1.54, 1.807) is 11.3 Å². The number of carbonyl (C=O) groups is 1. The first kappa shape index (κ1) is 12.5. The molecule has 0 bridgehead atoms. The molecule has 17 heavy (non-hydrogen) atoms. The van der Waals surface area contributed by atoms with Gasteiger partial charge in [-0.2, -0.15) is 0 Å². The van der Waals surface area contributed by atoms with Crippen LogP contribution < -0.4 is 10.6 Å². The highest BCUT2D eigenvalue weighted by atomic mass is 32.1. The van der Waals surface area contributed by atoms with E-state index in [4.69, 9.17) is 0 Å². The zero-order valence-corrected chi connectivity index (χ0v) is 11.3. The number of hydrogen-bond acceptors (Lipinski definition) is 4. The number of aromatic nitrogens is 1. The van der Waals surface area contributed by atoms with Crippen LogP contribution in [-0.4, -0.2) is 23.5 Å². The number of hydrogen-bond donors (Lipinski definition) is 2. The number of amides is 1. The normalized spacial score (nSPS) is 25.8. The lowest BCUT2D eigenvalue weighted by Gasteiger charge is -2.18. The molecule has 1 aromatic rings. The van der Waals surface area contributed by atoms with Crippen molar-refractivity contribution in [3.63, 3.8) is 0 Å². The van der Waals surface area contributed by atoms with Gasteiger partial charge in [0.15, 0.2) is 0 Å². The van der Waals surface area contributed by atoms with Crippen LogP contribution in [0.4, 0.5) is 0 Å². The zero-order valence-electron chi connectivity index (χ0n) is 10.5. The van der Waals surface area contributed by atoms with Crippen molar-refractivity contribution in [2.24, 2.45) is 5.92 Å². The molecule has 1 fully saturated rings. The van der Waals surface area contributed by atoms with Gasteiger partial charge >= 0.3 is 0 Å². The molecule has 0 radical (unpaired) electrons. The summed E-state index contributed by atoms with van der Waals surface area (Å²) < 4.78 is 0. The highest BCUT2D eigenvalue weighted by Crippen LogP contribution is 2.20. The molecule has 1 amide bonds. The van der Waals surface area contributed by atoms with Crippen molar-refractivity contribution in [3.05, 3.63) is 16.1 Å². The molecule has 1 aliphatic rings. The van der Waals surface area contributed by atoms with E-state index in [-0.39, 0.29) is 23.9 Å². The number of carbonyl (C=O) groups excluding carboxylic acids is 1. The van der Waals surface area contributed by atoms with Crippen LogP contribution in [0, 0.1) is 12.8 Å². The van der Waals surface area contributed by atoms with Crippen LogP contribution >= 0.6 is 11.3 Å². The molecule has 0 saturated carbocycles. The molecule has 3 unspecified atom stereocenters. The minimum atomic E-state index is 0.00833. The van der Waals surface area contributed by atoms with Gasteiger partial charge in [-0.1, -0.05) is 0 Å². The largest absolute Gasteiger partial charge is 0.347 e. The van der Waals surface area contributed by atoms with Crippen molar-refractivity contribution < 1.29 is 4.79 Å². The maximum absolute atomic E-state index is 12.1. The maximum Gasteiger partial charge on any atom is 0.225 e. The number of rotatable bonds is 3.